The van der Waals surface area contributed by atoms with Crippen LogP contribution in [-0.4, -0.2) is 11.2 Å². The number of aromatic nitrogens is 2. The lowest BCUT2D eigenvalue weighted by Gasteiger charge is -2.23. The molecule has 2 aliphatic carbocycles. The van der Waals surface area contributed by atoms with Crippen LogP contribution in [0.3, 0.4) is 0 Å². The molecule has 0 bridgehead atoms. The molecule has 2 saturated carbocycles. The molecule has 2 aromatic heterocycles. The van der Waals surface area contributed by atoms with E-state index in [9.17, 15) is 4.39 Å². The third-order valence-corrected chi connectivity index (χ3v) is 8.91. The van der Waals surface area contributed by atoms with Gasteiger partial charge in [-0.05, 0) is 73.9 Å². The fourth-order valence-electron chi connectivity index (χ4n) is 6.76. The van der Waals surface area contributed by atoms with Crippen LogP contribution in [0.15, 0.2) is 54.7 Å². The number of ether oxygens (including phenoxy) is 1. The summed E-state index contributed by atoms with van der Waals surface area (Å²) in [6.07, 6.45) is 15.6. The Labute approximate surface area is 220 Å². The Bertz CT molecular complexity index is 1360. The normalized spacial score (nSPS) is 17.6. The first-order valence-electron chi connectivity index (χ1n) is 14.5. The Morgan fingerprint density at radius 2 is 1.54 bits per heavy atom. The molecule has 2 fully saturated rings. The van der Waals surface area contributed by atoms with Crippen molar-refractivity contribution in [1.82, 2.24) is 4.57 Å². The number of hydrogen-bond donors (Lipinski definition) is 0. The summed E-state index contributed by atoms with van der Waals surface area (Å²) in [7, 11) is 0. The first-order chi connectivity index (χ1) is 18.2. The Kier molecular flexibility index (Phi) is 7.17. The van der Waals surface area contributed by atoms with Crippen LogP contribution in [0.4, 0.5) is 4.39 Å². The molecule has 3 nitrogen and oxygen atoms in total. The molecule has 0 saturated heterocycles. The molecule has 0 spiro atoms. The molecule has 0 atom stereocenters. The van der Waals surface area contributed by atoms with Gasteiger partial charge in [0.15, 0.2) is 12.7 Å². The van der Waals surface area contributed by atoms with E-state index in [1.165, 1.54) is 91.7 Å². The minimum Gasteiger partial charge on any atom is -0.493 e. The van der Waals surface area contributed by atoms with Gasteiger partial charge in [0.1, 0.15) is 17.1 Å². The molecule has 0 aliphatic heterocycles. The molecular weight excluding hydrogens is 459 g/mol. The lowest BCUT2D eigenvalue weighted by atomic mass is 9.89. The number of benzene rings is 2. The zero-order chi connectivity index (χ0) is 25.2. The number of rotatable bonds is 7. The monoisotopic (exact) mass is 499 g/mol. The first kappa shape index (κ1) is 24.5. The number of pyridine rings is 1. The summed E-state index contributed by atoms with van der Waals surface area (Å²) in [6.45, 7) is 4.88. The van der Waals surface area contributed by atoms with E-state index in [0.29, 0.717) is 5.92 Å². The van der Waals surface area contributed by atoms with E-state index in [1.807, 2.05) is 12.1 Å². The molecule has 0 unspecified atom stereocenters. The quantitative estimate of drug-likeness (QED) is 0.235. The van der Waals surface area contributed by atoms with Crippen LogP contribution < -0.4 is 9.30 Å². The van der Waals surface area contributed by atoms with Gasteiger partial charge in [0, 0.05) is 41.9 Å². The molecule has 4 heteroatoms. The van der Waals surface area contributed by atoms with Gasteiger partial charge in [0.05, 0.1) is 12.1 Å². The lowest BCUT2D eigenvalue weighted by molar-refractivity contribution is -0.693. The lowest BCUT2D eigenvalue weighted by Crippen LogP contribution is -2.37. The summed E-state index contributed by atoms with van der Waals surface area (Å²) in [5.74, 6) is 2.24. The minimum absolute atomic E-state index is 0.185. The van der Waals surface area contributed by atoms with E-state index in [2.05, 4.69) is 46.5 Å². The predicted octanol–water partition coefficient (Wildman–Crippen LogP) is 8.12. The van der Waals surface area contributed by atoms with Gasteiger partial charge >= 0.3 is 0 Å². The van der Waals surface area contributed by atoms with Crippen molar-refractivity contribution in [2.45, 2.75) is 84.2 Å². The van der Waals surface area contributed by atoms with Crippen molar-refractivity contribution < 1.29 is 13.7 Å². The molecule has 2 aromatic carbocycles. The van der Waals surface area contributed by atoms with Crippen molar-refractivity contribution in [3.63, 3.8) is 0 Å². The molecule has 2 heterocycles. The zero-order valence-corrected chi connectivity index (χ0v) is 22.2. The van der Waals surface area contributed by atoms with Crippen LogP contribution >= 0.6 is 0 Å². The van der Waals surface area contributed by atoms with E-state index in [1.54, 1.807) is 12.1 Å². The van der Waals surface area contributed by atoms with Gasteiger partial charge in [-0.25, -0.2) is 4.39 Å². The molecule has 0 N–H and O–H groups in total. The highest BCUT2D eigenvalue weighted by Crippen LogP contribution is 2.35. The first-order valence-corrected chi connectivity index (χ1v) is 14.5. The fraction of sp³-hybridized carbons (Fsp3) is 0.485. The van der Waals surface area contributed by atoms with Crippen LogP contribution in [0.5, 0.6) is 5.75 Å². The highest BCUT2D eigenvalue weighted by Gasteiger charge is 2.23. The van der Waals surface area contributed by atoms with Crippen molar-refractivity contribution in [2.75, 3.05) is 6.61 Å². The highest BCUT2D eigenvalue weighted by atomic mass is 19.1. The van der Waals surface area contributed by atoms with Gasteiger partial charge in [-0.15, -0.1) is 0 Å². The Balaban J connectivity index is 1.39. The average molecular weight is 500 g/mol. The largest absolute Gasteiger partial charge is 0.493 e. The topological polar surface area (TPSA) is 18.0 Å². The van der Waals surface area contributed by atoms with Crippen molar-refractivity contribution >= 4 is 21.8 Å². The summed E-state index contributed by atoms with van der Waals surface area (Å²) in [6, 6.07) is 15.9. The van der Waals surface area contributed by atoms with E-state index < -0.39 is 0 Å². The molecule has 6 rings (SSSR count). The third-order valence-electron chi connectivity index (χ3n) is 8.91. The summed E-state index contributed by atoms with van der Waals surface area (Å²) in [5.41, 5.74) is 5.00. The molecule has 37 heavy (non-hydrogen) atoms. The summed E-state index contributed by atoms with van der Waals surface area (Å²) < 4.78 is 24.8. The number of halogens is 1. The smallest absolute Gasteiger partial charge is 0.203 e. The summed E-state index contributed by atoms with van der Waals surface area (Å²) in [4.78, 5) is 0. The minimum atomic E-state index is -0.185. The van der Waals surface area contributed by atoms with E-state index in [4.69, 9.17) is 4.74 Å². The summed E-state index contributed by atoms with van der Waals surface area (Å²) in [5, 5.41) is 2.63. The molecule has 0 amide bonds. The van der Waals surface area contributed by atoms with Crippen molar-refractivity contribution in [3.05, 3.63) is 71.8 Å². The van der Waals surface area contributed by atoms with Gasteiger partial charge in [-0.3, -0.25) is 0 Å². The number of hydrogen-bond acceptors (Lipinski definition) is 1. The molecule has 2 aliphatic rings. The molecule has 0 radical (unpaired) electrons. The van der Waals surface area contributed by atoms with Gasteiger partial charge < -0.3 is 9.30 Å². The van der Waals surface area contributed by atoms with Crippen LogP contribution in [0, 0.1) is 24.6 Å². The van der Waals surface area contributed by atoms with Crippen molar-refractivity contribution in [2.24, 2.45) is 11.8 Å². The number of nitrogens with zero attached hydrogens (tertiary/aromatic N) is 2. The van der Waals surface area contributed by atoms with Gasteiger partial charge in [0.2, 0.25) is 5.69 Å². The fourth-order valence-corrected chi connectivity index (χ4v) is 6.76. The number of fused-ring (bicyclic) bond motifs is 3. The average Bonchev–Trinajstić information content (AvgIpc) is 3.24. The zero-order valence-electron chi connectivity index (χ0n) is 22.2. The maximum atomic E-state index is 13.5. The standard InChI is InChI=1S/C33H40FN2O/c1-24-33-31(18-19-35(24)21-26-12-14-28(34)15-13-26)30-17-16-29(37-23-27-10-6-3-7-11-27)20-32(30)36(33)22-25-8-4-2-5-9-25/h12-20,25,27H,2-11,21-23H2,1H3/q+1. The second kappa shape index (κ2) is 10.8. The molecular formula is C33H40FN2O+. The van der Waals surface area contributed by atoms with Crippen LogP contribution in [0.1, 0.15) is 75.5 Å². The second-order valence-corrected chi connectivity index (χ2v) is 11.5. The molecule has 194 valence electrons. The predicted molar refractivity (Wildman–Crippen MR) is 149 cm³/mol. The Morgan fingerprint density at radius 3 is 2.27 bits per heavy atom. The van der Waals surface area contributed by atoms with Gasteiger partial charge in [0.25, 0.3) is 0 Å². The van der Waals surface area contributed by atoms with Crippen molar-refractivity contribution in [1.29, 1.82) is 0 Å². The highest BCUT2D eigenvalue weighted by molar-refractivity contribution is 6.08. The Morgan fingerprint density at radius 1 is 0.838 bits per heavy atom. The third kappa shape index (κ3) is 5.26. The van der Waals surface area contributed by atoms with Gasteiger partial charge in [-0.2, -0.15) is 4.57 Å². The maximum Gasteiger partial charge on any atom is 0.203 e. The van der Waals surface area contributed by atoms with E-state index in [-0.39, 0.29) is 5.82 Å². The summed E-state index contributed by atoms with van der Waals surface area (Å²) >= 11 is 0. The van der Waals surface area contributed by atoms with Crippen LogP contribution in [0.2, 0.25) is 0 Å². The van der Waals surface area contributed by atoms with Crippen LogP contribution in [-0.2, 0) is 13.1 Å². The SMILES string of the molecule is Cc1c2c(cc[n+]1Cc1ccc(F)cc1)c1ccc(OCC3CCCCC3)cc1n2CC1CCCCC1. The van der Waals surface area contributed by atoms with Crippen molar-refractivity contribution in [3.8, 4) is 5.75 Å². The van der Waals surface area contributed by atoms with E-state index in [0.717, 1.165) is 36.9 Å². The van der Waals surface area contributed by atoms with Gasteiger partial charge in [-0.1, -0.05) is 38.5 Å². The van der Waals surface area contributed by atoms with Crippen LogP contribution in [0.25, 0.3) is 21.8 Å². The Hall–Kier alpha value is -2.88. The number of aryl methyl sites for hydroxylation is 1. The van der Waals surface area contributed by atoms with E-state index >= 15 is 0 Å². The molecule has 4 aromatic rings. The second-order valence-electron chi connectivity index (χ2n) is 11.5. The maximum absolute atomic E-state index is 13.5.